The van der Waals surface area contributed by atoms with E-state index in [4.69, 9.17) is 5.11 Å². The van der Waals surface area contributed by atoms with Crippen LogP contribution in [0, 0.1) is 5.82 Å². The van der Waals surface area contributed by atoms with E-state index in [2.05, 4.69) is 11.6 Å². The van der Waals surface area contributed by atoms with Crippen molar-refractivity contribution in [3.63, 3.8) is 0 Å². The van der Waals surface area contributed by atoms with Crippen LogP contribution in [-0.2, 0) is 0 Å². The quantitative estimate of drug-likeness (QED) is 0.613. The van der Waals surface area contributed by atoms with Crippen molar-refractivity contribution in [3.8, 4) is 5.75 Å². The minimum atomic E-state index is -0.779. The third kappa shape index (κ3) is 5.88. The van der Waals surface area contributed by atoms with Crippen molar-refractivity contribution in [2.24, 2.45) is 0 Å². The van der Waals surface area contributed by atoms with Crippen molar-refractivity contribution in [2.75, 3.05) is 6.61 Å². The molecule has 0 spiro atoms. The van der Waals surface area contributed by atoms with Crippen LogP contribution in [-0.4, -0.2) is 33.0 Å². The summed E-state index contributed by atoms with van der Waals surface area (Å²) in [7, 11) is 0. The van der Waals surface area contributed by atoms with Crippen molar-refractivity contribution in [1.29, 1.82) is 0 Å². The first-order chi connectivity index (χ1) is 12.9. The topological polar surface area (TPSA) is 73.6 Å². The lowest BCUT2D eigenvalue weighted by Crippen LogP contribution is -2.12. The van der Waals surface area contributed by atoms with Crippen molar-refractivity contribution >= 4 is 11.6 Å². The number of rotatable bonds is 8. The van der Waals surface area contributed by atoms with Gasteiger partial charge in [-0.3, -0.25) is 4.98 Å². The molecular formula is C22H24FNO3. The van der Waals surface area contributed by atoms with Gasteiger partial charge in [0, 0.05) is 6.20 Å². The number of hydrogen-bond acceptors (Lipinski definition) is 4. The van der Waals surface area contributed by atoms with Crippen molar-refractivity contribution in [3.05, 3.63) is 83.5 Å². The molecule has 2 aromatic rings. The molecule has 3 N–H and O–H groups in total. The van der Waals surface area contributed by atoms with E-state index in [1.807, 2.05) is 12.1 Å². The molecule has 0 aliphatic carbocycles. The fourth-order valence-corrected chi connectivity index (χ4v) is 2.78. The number of phenolic OH excluding ortho intramolecular Hbond substituents is 1. The van der Waals surface area contributed by atoms with E-state index in [9.17, 15) is 14.6 Å². The zero-order valence-electron chi connectivity index (χ0n) is 15.3. The molecule has 1 aromatic heterocycles. The average Bonchev–Trinajstić information content (AvgIpc) is 2.66. The Hall–Kier alpha value is -2.76. The lowest BCUT2D eigenvalue weighted by atomic mass is 9.95. The SMILES string of the molecule is C=C(C)/C(=C/CO)C(O)CC/C(=C/c1ccc(O)c(F)c1)c1ccccn1. The second-order valence-electron chi connectivity index (χ2n) is 6.27. The normalized spacial score (nSPS) is 13.5. The molecule has 2 rings (SSSR count). The van der Waals surface area contributed by atoms with Gasteiger partial charge in [-0.1, -0.05) is 30.4 Å². The summed E-state index contributed by atoms with van der Waals surface area (Å²) in [4.78, 5) is 4.34. The number of aliphatic hydroxyl groups is 2. The summed E-state index contributed by atoms with van der Waals surface area (Å²) < 4.78 is 13.6. The second-order valence-corrected chi connectivity index (χ2v) is 6.27. The smallest absolute Gasteiger partial charge is 0.165 e. The van der Waals surface area contributed by atoms with Crippen LogP contribution < -0.4 is 0 Å². The molecule has 0 aliphatic rings. The molecular weight excluding hydrogens is 345 g/mol. The Kier molecular flexibility index (Phi) is 7.46. The monoisotopic (exact) mass is 369 g/mol. The molecule has 27 heavy (non-hydrogen) atoms. The Morgan fingerprint density at radius 2 is 2.07 bits per heavy atom. The van der Waals surface area contributed by atoms with Gasteiger partial charge in [-0.2, -0.15) is 0 Å². The van der Waals surface area contributed by atoms with Crippen LogP contribution in [0.25, 0.3) is 11.6 Å². The molecule has 142 valence electrons. The van der Waals surface area contributed by atoms with E-state index in [-0.39, 0.29) is 6.61 Å². The highest BCUT2D eigenvalue weighted by Gasteiger charge is 2.14. The first-order valence-corrected chi connectivity index (χ1v) is 8.67. The number of hydrogen-bond donors (Lipinski definition) is 3. The largest absolute Gasteiger partial charge is 0.505 e. The van der Waals surface area contributed by atoms with E-state index < -0.39 is 17.7 Å². The Labute approximate surface area is 158 Å². The number of halogens is 1. The lowest BCUT2D eigenvalue weighted by Gasteiger charge is -2.16. The molecule has 1 aromatic carbocycles. The van der Waals surface area contributed by atoms with Gasteiger partial charge in [0.15, 0.2) is 11.6 Å². The molecule has 0 aliphatic heterocycles. The molecule has 5 heteroatoms. The maximum atomic E-state index is 13.6. The predicted octanol–water partition coefficient (Wildman–Crippen LogP) is 4.10. The van der Waals surface area contributed by atoms with Crippen molar-refractivity contribution in [2.45, 2.75) is 25.9 Å². The van der Waals surface area contributed by atoms with Crippen LogP contribution in [0.1, 0.15) is 31.0 Å². The fourth-order valence-electron chi connectivity index (χ4n) is 2.78. The highest BCUT2D eigenvalue weighted by atomic mass is 19.1. The standard InChI is InChI=1S/C22H24FNO3/c1-15(2)18(10-12-25)21(26)9-7-17(20-5-3-4-11-24-20)13-16-6-8-22(27)19(23)14-16/h3-6,8,10-11,13-14,21,25-27H,1,7,9,12H2,2H3/b17-13-,18-10-. The van der Waals surface area contributed by atoms with Crippen molar-refractivity contribution < 1.29 is 19.7 Å². The summed E-state index contributed by atoms with van der Waals surface area (Å²) in [5.41, 5.74) is 3.44. The Morgan fingerprint density at radius 1 is 1.30 bits per heavy atom. The van der Waals surface area contributed by atoms with Gasteiger partial charge in [0.25, 0.3) is 0 Å². The molecule has 0 fully saturated rings. The maximum Gasteiger partial charge on any atom is 0.165 e. The number of nitrogens with zero attached hydrogens (tertiary/aromatic N) is 1. The van der Waals surface area contributed by atoms with Crippen molar-refractivity contribution in [1.82, 2.24) is 4.98 Å². The lowest BCUT2D eigenvalue weighted by molar-refractivity contribution is 0.203. The van der Waals surface area contributed by atoms with Crippen LogP contribution in [0.2, 0.25) is 0 Å². The predicted molar refractivity (Wildman–Crippen MR) is 105 cm³/mol. The van der Waals surface area contributed by atoms with Crippen LogP contribution in [0.3, 0.4) is 0 Å². The molecule has 0 radical (unpaired) electrons. The summed E-state index contributed by atoms with van der Waals surface area (Å²) in [6.07, 6.45) is 5.10. The summed E-state index contributed by atoms with van der Waals surface area (Å²) in [5.74, 6) is -1.10. The summed E-state index contributed by atoms with van der Waals surface area (Å²) in [5, 5.41) is 29.0. The third-order valence-corrected chi connectivity index (χ3v) is 4.16. The van der Waals surface area contributed by atoms with Gasteiger partial charge in [0.05, 0.1) is 18.4 Å². The van der Waals surface area contributed by atoms with E-state index >= 15 is 0 Å². The van der Waals surface area contributed by atoms with Gasteiger partial charge in [0.1, 0.15) is 0 Å². The number of aliphatic hydroxyl groups excluding tert-OH is 2. The summed E-state index contributed by atoms with van der Waals surface area (Å²) in [6.45, 7) is 5.44. The molecule has 1 atom stereocenters. The Morgan fingerprint density at radius 3 is 2.67 bits per heavy atom. The summed E-state index contributed by atoms with van der Waals surface area (Å²) in [6, 6.07) is 9.67. The molecule has 0 saturated heterocycles. The first kappa shape index (κ1) is 20.6. The first-order valence-electron chi connectivity index (χ1n) is 8.67. The third-order valence-electron chi connectivity index (χ3n) is 4.16. The molecule has 1 heterocycles. The van der Waals surface area contributed by atoms with Gasteiger partial charge in [-0.05, 0) is 66.8 Å². The van der Waals surface area contributed by atoms with Gasteiger partial charge in [-0.15, -0.1) is 0 Å². The number of phenols is 1. The van der Waals surface area contributed by atoms with Crippen LogP contribution >= 0.6 is 0 Å². The number of aromatic nitrogens is 1. The minimum absolute atomic E-state index is 0.172. The van der Waals surface area contributed by atoms with Gasteiger partial charge in [-0.25, -0.2) is 4.39 Å². The second kappa shape index (κ2) is 9.80. The Balaban J connectivity index is 2.29. The molecule has 0 bridgehead atoms. The molecule has 4 nitrogen and oxygen atoms in total. The highest BCUT2D eigenvalue weighted by molar-refractivity contribution is 5.80. The highest BCUT2D eigenvalue weighted by Crippen LogP contribution is 2.26. The number of aromatic hydroxyl groups is 1. The van der Waals surface area contributed by atoms with E-state index in [1.165, 1.54) is 12.1 Å². The number of pyridine rings is 1. The van der Waals surface area contributed by atoms with E-state index in [1.54, 1.807) is 37.4 Å². The molecule has 0 saturated carbocycles. The molecule has 0 amide bonds. The van der Waals surface area contributed by atoms with Gasteiger partial charge >= 0.3 is 0 Å². The zero-order chi connectivity index (χ0) is 19.8. The summed E-state index contributed by atoms with van der Waals surface area (Å²) >= 11 is 0. The van der Waals surface area contributed by atoms with E-state index in [0.29, 0.717) is 29.6 Å². The van der Waals surface area contributed by atoms with Crippen LogP contribution in [0.5, 0.6) is 5.75 Å². The minimum Gasteiger partial charge on any atom is -0.505 e. The number of allylic oxidation sites excluding steroid dienone is 1. The van der Waals surface area contributed by atoms with Gasteiger partial charge in [0.2, 0.25) is 0 Å². The van der Waals surface area contributed by atoms with Crippen LogP contribution in [0.4, 0.5) is 4.39 Å². The van der Waals surface area contributed by atoms with Gasteiger partial charge < -0.3 is 15.3 Å². The average molecular weight is 369 g/mol. The number of benzene rings is 1. The van der Waals surface area contributed by atoms with E-state index in [0.717, 1.165) is 11.3 Å². The fraction of sp³-hybridized carbons (Fsp3) is 0.227. The Bertz CT molecular complexity index is 844. The molecule has 1 unspecified atom stereocenters. The van der Waals surface area contributed by atoms with Crippen LogP contribution in [0.15, 0.2) is 66.4 Å². The maximum absolute atomic E-state index is 13.6. The zero-order valence-corrected chi connectivity index (χ0v) is 15.3.